The van der Waals surface area contributed by atoms with Crippen molar-refractivity contribution in [3.05, 3.63) is 29.8 Å². The zero-order valence-corrected chi connectivity index (χ0v) is 12.7. The summed E-state index contributed by atoms with van der Waals surface area (Å²) in [5, 5.41) is 6.16. The van der Waals surface area contributed by atoms with Gasteiger partial charge in [-0.25, -0.2) is 0 Å². The Kier molecular flexibility index (Phi) is 6.02. The molecule has 0 bridgehead atoms. The lowest BCUT2D eigenvalue weighted by atomic mass is 10.1. The van der Waals surface area contributed by atoms with Crippen LogP contribution in [-0.4, -0.2) is 38.8 Å². The molecule has 5 heteroatoms. The van der Waals surface area contributed by atoms with Crippen LogP contribution in [0, 0.1) is 0 Å². The third kappa shape index (κ3) is 5.02. The smallest absolute Gasteiger partial charge is 0.258 e. The minimum Gasteiger partial charge on any atom is -0.484 e. The zero-order valence-electron chi connectivity index (χ0n) is 12.7. The highest BCUT2D eigenvalue weighted by molar-refractivity contribution is 5.77. The van der Waals surface area contributed by atoms with E-state index in [1.165, 1.54) is 0 Å². The van der Waals surface area contributed by atoms with Gasteiger partial charge in [0.15, 0.2) is 6.61 Å². The van der Waals surface area contributed by atoms with E-state index in [0.29, 0.717) is 0 Å². The fourth-order valence-corrected chi connectivity index (χ4v) is 2.30. The van der Waals surface area contributed by atoms with Crippen molar-refractivity contribution in [2.75, 3.05) is 26.9 Å². The molecule has 1 unspecified atom stereocenters. The topological polar surface area (TPSA) is 59.6 Å². The molecule has 0 saturated carbocycles. The Morgan fingerprint density at radius 1 is 1.43 bits per heavy atom. The standard InChI is InChI=1S/C16H24N2O3/c1-12(17-2)13-4-3-5-15(10-13)21-11-16(19)18-14-6-8-20-9-7-14/h3-5,10,12,14,17H,6-9,11H2,1-2H3,(H,18,19). The minimum absolute atomic E-state index is 0.0503. The summed E-state index contributed by atoms with van der Waals surface area (Å²) < 4.78 is 10.8. The number of amides is 1. The van der Waals surface area contributed by atoms with Crippen LogP contribution in [0.25, 0.3) is 0 Å². The second-order valence-electron chi connectivity index (χ2n) is 5.33. The second kappa shape index (κ2) is 8.00. The van der Waals surface area contributed by atoms with Crippen LogP contribution in [0.4, 0.5) is 0 Å². The number of carbonyl (C=O) groups excluding carboxylic acids is 1. The molecule has 0 aliphatic carbocycles. The van der Waals surface area contributed by atoms with E-state index in [9.17, 15) is 4.79 Å². The van der Waals surface area contributed by atoms with Gasteiger partial charge in [0, 0.05) is 25.3 Å². The Bertz CT molecular complexity index is 459. The van der Waals surface area contributed by atoms with E-state index in [1.807, 2.05) is 31.3 Å². The predicted octanol–water partition coefficient (Wildman–Crippen LogP) is 1.64. The molecule has 0 aromatic heterocycles. The molecule has 21 heavy (non-hydrogen) atoms. The van der Waals surface area contributed by atoms with Crippen LogP contribution in [0.3, 0.4) is 0 Å². The van der Waals surface area contributed by atoms with Crippen molar-refractivity contribution in [1.82, 2.24) is 10.6 Å². The second-order valence-corrected chi connectivity index (χ2v) is 5.33. The largest absolute Gasteiger partial charge is 0.484 e. The molecule has 2 N–H and O–H groups in total. The number of rotatable bonds is 6. The SMILES string of the molecule is CNC(C)c1cccc(OCC(=O)NC2CCOCC2)c1. The Balaban J connectivity index is 1.80. The molecule has 1 atom stereocenters. The van der Waals surface area contributed by atoms with E-state index in [1.54, 1.807) is 0 Å². The van der Waals surface area contributed by atoms with Crippen molar-refractivity contribution < 1.29 is 14.3 Å². The summed E-state index contributed by atoms with van der Waals surface area (Å²) in [5.41, 5.74) is 1.14. The molecule has 116 valence electrons. The zero-order chi connectivity index (χ0) is 15.1. The first-order valence-electron chi connectivity index (χ1n) is 7.46. The molecule has 1 aromatic rings. The van der Waals surface area contributed by atoms with Gasteiger partial charge in [0.25, 0.3) is 5.91 Å². The van der Waals surface area contributed by atoms with Crippen LogP contribution in [-0.2, 0) is 9.53 Å². The van der Waals surface area contributed by atoms with Gasteiger partial charge in [0.1, 0.15) is 5.75 Å². The van der Waals surface area contributed by atoms with Gasteiger partial charge in [-0.1, -0.05) is 12.1 Å². The summed E-state index contributed by atoms with van der Waals surface area (Å²) >= 11 is 0. The molecule has 1 fully saturated rings. The normalized spacial score (nSPS) is 17.2. The number of hydrogen-bond acceptors (Lipinski definition) is 4. The quantitative estimate of drug-likeness (QED) is 0.837. The van der Waals surface area contributed by atoms with E-state index in [0.717, 1.165) is 37.4 Å². The fraction of sp³-hybridized carbons (Fsp3) is 0.562. The number of benzene rings is 1. The van der Waals surface area contributed by atoms with Gasteiger partial charge < -0.3 is 20.1 Å². The first-order chi connectivity index (χ1) is 10.2. The van der Waals surface area contributed by atoms with Crippen molar-refractivity contribution >= 4 is 5.91 Å². The number of nitrogens with one attached hydrogen (secondary N) is 2. The van der Waals surface area contributed by atoms with Gasteiger partial charge in [0.05, 0.1) is 0 Å². The minimum atomic E-state index is -0.0750. The van der Waals surface area contributed by atoms with Crippen molar-refractivity contribution in [3.8, 4) is 5.75 Å². The monoisotopic (exact) mass is 292 g/mol. The molecule has 1 aromatic carbocycles. The summed E-state index contributed by atoms with van der Waals surface area (Å²) in [4.78, 5) is 11.9. The lowest BCUT2D eigenvalue weighted by Gasteiger charge is -2.23. The molecule has 1 saturated heterocycles. The van der Waals surface area contributed by atoms with Crippen LogP contribution in [0.2, 0.25) is 0 Å². The third-order valence-electron chi connectivity index (χ3n) is 3.75. The lowest BCUT2D eigenvalue weighted by Crippen LogP contribution is -2.41. The molecule has 0 spiro atoms. The Labute approximate surface area is 126 Å². The molecule has 1 amide bonds. The van der Waals surface area contributed by atoms with Crippen LogP contribution in [0.5, 0.6) is 5.75 Å². The van der Waals surface area contributed by atoms with Crippen LogP contribution in [0.1, 0.15) is 31.4 Å². The summed E-state index contributed by atoms with van der Waals surface area (Å²) in [5.74, 6) is 0.644. The van der Waals surface area contributed by atoms with Crippen LogP contribution in [0.15, 0.2) is 24.3 Å². The molecular formula is C16H24N2O3. The highest BCUT2D eigenvalue weighted by Crippen LogP contribution is 2.18. The number of hydrogen-bond donors (Lipinski definition) is 2. The summed E-state index contributed by atoms with van der Waals surface area (Å²) in [7, 11) is 1.92. The van der Waals surface area contributed by atoms with E-state index < -0.39 is 0 Å². The van der Waals surface area contributed by atoms with Gasteiger partial charge in [0.2, 0.25) is 0 Å². The highest BCUT2D eigenvalue weighted by Gasteiger charge is 2.16. The first kappa shape index (κ1) is 15.8. The highest BCUT2D eigenvalue weighted by atomic mass is 16.5. The van der Waals surface area contributed by atoms with E-state index in [-0.39, 0.29) is 24.6 Å². The van der Waals surface area contributed by atoms with Gasteiger partial charge >= 0.3 is 0 Å². The molecule has 1 aliphatic rings. The maximum Gasteiger partial charge on any atom is 0.258 e. The van der Waals surface area contributed by atoms with E-state index in [4.69, 9.17) is 9.47 Å². The predicted molar refractivity (Wildman–Crippen MR) is 81.4 cm³/mol. The van der Waals surface area contributed by atoms with E-state index in [2.05, 4.69) is 17.6 Å². The Morgan fingerprint density at radius 3 is 2.90 bits per heavy atom. The van der Waals surface area contributed by atoms with Gasteiger partial charge in [-0.3, -0.25) is 4.79 Å². The summed E-state index contributed by atoms with van der Waals surface area (Å²) in [6.45, 7) is 3.57. The van der Waals surface area contributed by atoms with Crippen LogP contribution < -0.4 is 15.4 Å². The van der Waals surface area contributed by atoms with Crippen molar-refractivity contribution in [2.24, 2.45) is 0 Å². The van der Waals surface area contributed by atoms with Gasteiger partial charge in [-0.05, 0) is 44.5 Å². The number of ether oxygens (including phenoxy) is 2. The molecule has 2 rings (SSSR count). The number of carbonyl (C=O) groups is 1. The van der Waals surface area contributed by atoms with E-state index >= 15 is 0 Å². The molecule has 0 radical (unpaired) electrons. The summed E-state index contributed by atoms with van der Waals surface area (Å²) in [6, 6.07) is 8.27. The molecule has 5 nitrogen and oxygen atoms in total. The lowest BCUT2D eigenvalue weighted by molar-refractivity contribution is -0.124. The van der Waals surface area contributed by atoms with Crippen LogP contribution >= 0.6 is 0 Å². The maximum atomic E-state index is 11.9. The van der Waals surface area contributed by atoms with Crippen molar-refractivity contribution in [3.63, 3.8) is 0 Å². The van der Waals surface area contributed by atoms with Gasteiger partial charge in [-0.15, -0.1) is 0 Å². The Hall–Kier alpha value is -1.59. The fourth-order valence-electron chi connectivity index (χ4n) is 2.30. The molecule has 1 heterocycles. The average molecular weight is 292 g/mol. The summed E-state index contributed by atoms with van der Waals surface area (Å²) in [6.07, 6.45) is 1.75. The Morgan fingerprint density at radius 2 is 2.19 bits per heavy atom. The average Bonchev–Trinajstić information content (AvgIpc) is 2.53. The molecular weight excluding hydrogens is 268 g/mol. The third-order valence-corrected chi connectivity index (χ3v) is 3.75. The van der Waals surface area contributed by atoms with Gasteiger partial charge in [-0.2, -0.15) is 0 Å². The van der Waals surface area contributed by atoms with Crippen molar-refractivity contribution in [1.29, 1.82) is 0 Å². The van der Waals surface area contributed by atoms with Crippen molar-refractivity contribution in [2.45, 2.75) is 31.8 Å². The molecule has 1 aliphatic heterocycles. The maximum absolute atomic E-state index is 11.9. The first-order valence-corrected chi connectivity index (χ1v) is 7.46.